The monoisotopic (exact) mass is 492 g/mol. The second kappa shape index (κ2) is 10.9. The van der Waals surface area contributed by atoms with Crippen molar-refractivity contribution in [2.75, 3.05) is 53.6 Å². The molecular formula is C25H36N2O6S. The Morgan fingerprint density at radius 1 is 0.941 bits per heavy atom. The molecule has 0 radical (unpaired) electrons. The first-order chi connectivity index (χ1) is 16.0. The second-order valence-electron chi connectivity index (χ2n) is 9.46. The molecule has 1 N–H and O–H groups in total. The number of ether oxygens (including phenoxy) is 3. The number of benzene rings is 2. The molecule has 1 atom stereocenters. The average Bonchev–Trinajstić information content (AvgIpc) is 2.82. The standard InChI is InChI=1S/C25H36N2O6S/c1-25(2,3)19-6-8-21(9-7-19)33-18-20(28)17-26-12-14-27(15-13-26)34(29,30)24-16-22(31-4)10-11-23(24)32-5/h6-11,16,20,28H,12-15,17-18H2,1-5H3/t20-/m1/s1. The predicted molar refractivity (Wildman–Crippen MR) is 131 cm³/mol. The van der Waals surface area contributed by atoms with E-state index in [9.17, 15) is 13.5 Å². The van der Waals surface area contributed by atoms with Gasteiger partial charge in [-0.2, -0.15) is 4.31 Å². The molecule has 8 nitrogen and oxygen atoms in total. The summed E-state index contributed by atoms with van der Waals surface area (Å²) in [6.07, 6.45) is -0.677. The molecule has 1 heterocycles. The summed E-state index contributed by atoms with van der Waals surface area (Å²) >= 11 is 0. The minimum absolute atomic E-state index is 0.0748. The lowest BCUT2D eigenvalue weighted by Crippen LogP contribution is -2.50. The van der Waals surface area contributed by atoms with Gasteiger partial charge in [0.05, 0.1) is 14.2 Å². The lowest BCUT2D eigenvalue weighted by Gasteiger charge is -2.35. The van der Waals surface area contributed by atoms with E-state index in [1.165, 1.54) is 30.2 Å². The molecule has 1 aliphatic rings. The van der Waals surface area contributed by atoms with Gasteiger partial charge in [0, 0.05) is 38.8 Å². The summed E-state index contributed by atoms with van der Waals surface area (Å²) in [6.45, 7) is 8.74. The molecule has 0 unspecified atom stereocenters. The number of methoxy groups -OCH3 is 2. The number of piperazine rings is 1. The smallest absolute Gasteiger partial charge is 0.246 e. The second-order valence-corrected chi connectivity index (χ2v) is 11.4. The molecule has 0 spiro atoms. The molecule has 0 aliphatic carbocycles. The van der Waals surface area contributed by atoms with Crippen molar-refractivity contribution >= 4 is 10.0 Å². The van der Waals surface area contributed by atoms with Crippen molar-refractivity contribution < 1.29 is 27.7 Å². The third-order valence-electron chi connectivity index (χ3n) is 5.95. The molecule has 0 aromatic heterocycles. The Bertz CT molecular complexity index is 1040. The highest BCUT2D eigenvalue weighted by atomic mass is 32.2. The van der Waals surface area contributed by atoms with Crippen LogP contribution in [0, 0.1) is 0 Å². The van der Waals surface area contributed by atoms with E-state index >= 15 is 0 Å². The van der Waals surface area contributed by atoms with Crippen molar-refractivity contribution in [1.29, 1.82) is 0 Å². The number of aliphatic hydroxyl groups excluding tert-OH is 1. The maximum Gasteiger partial charge on any atom is 0.246 e. The van der Waals surface area contributed by atoms with Gasteiger partial charge in [-0.3, -0.25) is 4.90 Å². The molecular weight excluding hydrogens is 456 g/mol. The van der Waals surface area contributed by atoms with E-state index in [2.05, 4.69) is 20.8 Å². The summed E-state index contributed by atoms with van der Waals surface area (Å²) < 4.78 is 44.1. The number of nitrogens with zero attached hydrogens (tertiary/aromatic N) is 2. The van der Waals surface area contributed by atoms with Crippen molar-refractivity contribution in [3.63, 3.8) is 0 Å². The van der Waals surface area contributed by atoms with Gasteiger partial charge in [-0.15, -0.1) is 0 Å². The molecule has 0 bridgehead atoms. The fraction of sp³-hybridized carbons (Fsp3) is 0.520. The lowest BCUT2D eigenvalue weighted by atomic mass is 9.87. The summed E-state index contributed by atoms with van der Waals surface area (Å²) in [4.78, 5) is 2.14. The van der Waals surface area contributed by atoms with Crippen molar-refractivity contribution in [1.82, 2.24) is 9.21 Å². The molecule has 1 aliphatic heterocycles. The van der Waals surface area contributed by atoms with Gasteiger partial charge in [0.25, 0.3) is 0 Å². The van der Waals surface area contributed by atoms with E-state index < -0.39 is 16.1 Å². The van der Waals surface area contributed by atoms with Crippen LogP contribution in [0.5, 0.6) is 17.2 Å². The van der Waals surface area contributed by atoms with Gasteiger partial charge < -0.3 is 19.3 Å². The summed E-state index contributed by atoms with van der Waals surface area (Å²) in [5.41, 5.74) is 1.30. The van der Waals surface area contributed by atoms with Crippen LogP contribution in [-0.4, -0.2) is 82.4 Å². The Morgan fingerprint density at radius 2 is 1.56 bits per heavy atom. The fourth-order valence-electron chi connectivity index (χ4n) is 3.87. The zero-order valence-corrected chi connectivity index (χ0v) is 21.5. The van der Waals surface area contributed by atoms with Crippen LogP contribution >= 0.6 is 0 Å². The Morgan fingerprint density at radius 3 is 2.12 bits per heavy atom. The maximum absolute atomic E-state index is 13.2. The van der Waals surface area contributed by atoms with Gasteiger partial charge in [-0.25, -0.2) is 8.42 Å². The Kier molecular flexibility index (Phi) is 8.46. The van der Waals surface area contributed by atoms with E-state index in [4.69, 9.17) is 14.2 Å². The molecule has 1 fully saturated rings. The highest BCUT2D eigenvalue weighted by Crippen LogP contribution is 2.31. The van der Waals surface area contributed by atoms with Crippen LogP contribution in [0.25, 0.3) is 0 Å². The molecule has 2 aromatic rings. The van der Waals surface area contributed by atoms with Crippen molar-refractivity contribution in [3.8, 4) is 17.2 Å². The van der Waals surface area contributed by atoms with Gasteiger partial charge in [-0.05, 0) is 35.2 Å². The van der Waals surface area contributed by atoms with Crippen molar-refractivity contribution in [3.05, 3.63) is 48.0 Å². The molecule has 188 valence electrons. The average molecular weight is 493 g/mol. The molecule has 34 heavy (non-hydrogen) atoms. The molecule has 0 amide bonds. The van der Waals surface area contributed by atoms with Crippen LogP contribution in [-0.2, 0) is 15.4 Å². The van der Waals surface area contributed by atoms with E-state index in [0.717, 1.165) is 5.75 Å². The van der Waals surface area contributed by atoms with Crippen LogP contribution in [0.15, 0.2) is 47.4 Å². The van der Waals surface area contributed by atoms with E-state index in [1.807, 2.05) is 29.2 Å². The number of β-amino-alcohol motifs (C(OH)–C–C–N with tert-alkyl or cyclic N) is 1. The molecule has 0 saturated carbocycles. The number of sulfonamides is 1. The highest BCUT2D eigenvalue weighted by molar-refractivity contribution is 7.89. The van der Waals surface area contributed by atoms with Crippen LogP contribution < -0.4 is 14.2 Å². The van der Waals surface area contributed by atoms with Gasteiger partial charge in [-0.1, -0.05) is 32.9 Å². The first-order valence-corrected chi connectivity index (χ1v) is 12.8. The first kappa shape index (κ1) is 26.3. The van der Waals surface area contributed by atoms with Crippen molar-refractivity contribution in [2.45, 2.75) is 37.2 Å². The van der Waals surface area contributed by atoms with Crippen LogP contribution in [0.1, 0.15) is 26.3 Å². The number of hydrogen-bond donors (Lipinski definition) is 1. The largest absolute Gasteiger partial charge is 0.497 e. The topological polar surface area (TPSA) is 88.5 Å². The third-order valence-corrected chi connectivity index (χ3v) is 7.87. The quantitative estimate of drug-likeness (QED) is 0.576. The Labute approximate surface area is 203 Å². The highest BCUT2D eigenvalue weighted by Gasteiger charge is 2.31. The number of hydrogen-bond acceptors (Lipinski definition) is 7. The maximum atomic E-state index is 13.2. The van der Waals surface area contributed by atoms with Gasteiger partial charge in [0.2, 0.25) is 10.0 Å². The first-order valence-electron chi connectivity index (χ1n) is 11.4. The SMILES string of the molecule is COc1ccc(OC)c(S(=O)(=O)N2CCN(C[C@@H](O)COc3ccc(C(C)(C)C)cc3)CC2)c1. The van der Waals surface area contributed by atoms with Crippen LogP contribution in [0.4, 0.5) is 0 Å². The normalized spacial score (nSPS) is 16.8. The number of rotatable bonds is 9. The summed E-state index contributed by atoms with van der Waals surface area (Å²) in [5.74, 6) is 1.45. The van der Waals surface area contributed by atoms with Crippen molar-refractivity contribution in [2.24, 2.45) is 0 Å². The van der Waals surface area contributed by atoms with E-state index in [0.29, 0.717) is 38.5 Å². The van der Waals surface area contributed by atoms with Crippen LogP contribution in [0.2, 0.25) is 0 Å². The third kappa shape index (κ3) is 6.41. The van der Waals surface area contributed by atoms with E-state index in [-0.39, 0.29) is 22.7 Å². The molecule has 2 aromatic carbocycles. The zero-order valence-electron chi connectivity index (χ0n) is 20.7. The van der Waals surface area contributed by atoms with Gasteiger partial charge in [0.1, 0.15) is 34.9 Å². The Hall–Kier alpha value is -2.33. The fourth-order valence-corrected chi connectivity index (χ4v) is 5.46. The minimum Gasteiger partial charge on any atom is -0.497 e. The zero-order chi connectivity index (χ0) is 24.9. The minimum atomic E-state index is -3.74. The van der Waals surface area contributed by atoms with E-state index in [1.54, 1.807) is 12.1 Å². The summed E-state index contributed by atoms with van der Waals surface area (Å²) in [7, 11) is -0.797. The Balaban J connectivity index is 1.52. The predicted octanol–water partition coefficient (Wildman–Crippen LogP) is 2.75. The molecule has 3 rings (SSSR count). The van der Waals surface area contributed by atoms with Crippen LogP contribution in [0.3, 0.4) is 0 Å². The lowest BCUT2D eigenvalue weighted by molar-refractivity contribution is 0.0569. The summed E-state index contributed by atoms with van der Waals surface area (Å²) in [5, 5.41) is 10.4. The number of aliphatic hydroxyl groups is 1. The summed E-state index contributed by atoms with van der Waals surface area (Å²) in [6, 6.07) is 12.7. The molecule has 1 saturated heterocycles. The molecule has 9 heteroatoms. The van der Waals surface area contributed by atoms with Gasteiger partial charge in [0.15, 0.2) is 0 Å². The van der Waals surface area contributed by atoms with Gasteiger partial charge >= 0.3 is 0 Å².